The van der Waals surface area contributed by atoms with Crippen LogP contribution in [-0.2, 0) is 9.53 Å². The molecule has 0 saturated carbocycles. The molecule has 1 saturated heterocycles. The number of nitrogens with one attached hydrogen (secondary N) is 1. The molecular formula is C17H18ClFN2O2. The lowest BCUT2D eigenvalue weighted by Gasteiger charge is -2.32. The first-order valence-electron chi connectivity index (χ1n) is 7.57. The summed E-state index contributed by atoms with van der Waals surface area (Å²) in [5, 5.41) is 4.19. The molecule has 0 radical (unpaired) electrons. The lowest BCUT2D eigenvalue weighted by Crippen LogP contribution is -2.42. The topological polar surface area (TPSA) is 51.2 Å². The van der Waals surface area contributed by atoms with E-state index < -0.39 is 12.1 Å². The molecule has 1 aromatic heterocycles. The molecule has 3 rings (SSSR count). The van der Waals surface area contributed by atoms with Crippen LogP contribution in [0.4, 0.5) is 10.2 Å². The summed E-state index contributed by atoms with van der Waals surface area (Å²) < 4.78 is 18.7. The van der Waals surface area contributed by atoms with Gasteiger partial charge in [-0.05, 0) is 43.5 Å². The van der Waals surface area contributed by atoms with Gasteiger partial charge >= 0.3 is 0 Å². The van der Waals surface area contributed by atoms with Crippen LogP contribution in [0.15, 0.2) is 24.3 Å². The highest BCUT2D eigenvalue weighted by Gasteiger charge is 2.40. The molecule has 1 fully saturated rings. The fourth-order valence-electron chi connectivity index (χ4n) is 2.82. The number of fused-ring (bicyclic) bond motifs is 1. The summed E-state index contributed by atoms with van der Waals surface area (Å²) in [5.41, 5.74) is 0.682. The number of pyridine rings is 1. The highest BCUT2D eigenvalue weighted by atomic mass is 35.5. The third-order valence-electron chi connectivity index (χ3n) is 4.43. The number of halogens is 2. The highest BCUT2D eigenvalue weighted by molar-refractivity contribution is 6.35. The number of amides is 1. The molecule has 2 aromatic rings. The van der Waals surface area contributed by atoms with Crippen LogP contribution in [0, 0.1) is 12.3 Å². The number of benzene rings is 1. The molecule has 2 heterocycles. The maximum absolute atomic E-state index is 13.5. The van der Waals surface area contributed by atoms with Gasteiger partial charge in [-0.3, -0.25) is 4.79 Å². The smallest absolute Gasteiger partial charge is 0.234 e. The van der Waals surface area contributed by atoms with Crippen LogP contribution >= 0.6 is 11.6 Å². The van der Waals surface area contributed by atoms with Gasteiger partial charge in [-0.15, -0.1) is 0 Å². The van der Waals surface area contributed by atoms with Gasteiger partial charge in [-0.2, -0.15) is 0 Å². The van der Waals surface area contributed by atoms with E-state index in [-0.39, 0.29) is 5.91 Å². The van der Waals surface area contributed by atoms with E-state index in [1.807, 2.05) is 25.1 Å². The molecule has 0 bridgehead atoms. The fourth-order valence-corrected chi connectivity index (χ4v) is 3.04. The van der Waals surface area contributed by atoms with Crippen molar-refractivity contribution in [3.63, 3.8) is 0 Å². The molecule has 1 aliphatic rings. The number of nitrogens with zero attached hydrogens (tertiary/aromatic N) is 1. The number of hydrogen-bond donors (Lipinski definition) is 1. The minimum atomic E-state index is -1.02. The van der Waals surface area contributed by atoms with E-state index in [1.54, 1.807) is 6.07 Å². The number of hydrogen-bond acceptors (Lipinski definition) is 3. The van der Waals surface area contributed by atoms with E-state index in [4.69, 9.17) is 16.3 Å². The Kier molecular flexibility index (Phi) is 4.50. The number of alkyl halides is 1. The Labute approximate surface area is 139 Å². The van der Waals surface area contributed by atoms with Gasteiger partial charge in [-0.25, -0.2) is 9.37 Å². The van der Waals surface area contributed by atoms with Gasteiger partial charge in [0, 0.05) is 23.6 Å². The molecule has 0 unspecified atom stereocenters. The third kappa shape index (κ3) is 3.03. The zero-order valence-electron chi connectivity index (χ0n) is 12.9. The molecule has 6 heteroatoms. The molecule has 122 valence electrons. The quantitative estimate of drug-likeness (QED) is 0.924. The van der Waals surface area contributed by atoms with Crippen molar-refractivity contribution in [2.75, 3.05) is 25.2 Å². The number of aromatic nitrogens is 1. The second-order valence-electron chi connectivity index (χ2n) is 5.94. The molecule has 4 nitrogen and oxygen atoms in total. The van der Waals surface area contributed by atoms with Crippen LogP contribution in [0.2, 0.25) is 5.02 Å². The van der Waals surface area contributed by atoms with Crippen molar-refractivity contribution < 1.29 is 13.9 Å². The van der Waals surface area contributed by atoms with Crippen LogP contribution in [-0.4, -0.2) is 30.8 Å². The van der Waals surface area contributed by atoms with Gasteiger partial charge in [0.25, 0.3) is 0 Å². The minimum Gasteiger partial charge on any atom is -0.381 e. The molecule has 0 aliphatic carbocycles. The normalized spacial score (nSPS) is 17.2. The van der Waals surface area contributed by atoms with E-state index in [9.17, 15) is 9.18 Å². The zero-order valence-corrected chi connectivity index (χ0v) is 13.6. The Bertz CT molecular complexity index is 745. The second kappa shape index (κ2) is 6.42. The summed E-state index contributed by atoms with van der Waals surface area (Å²) in [6, 6.07) is 7.21. The Morgan fingerprint density at radius 1 is 1.35 bits per heavy atom. The first-order chi connectivity index (χ1) is 11.1. The van der Waals surface area contributed by atoms with Crippen molar-refractivity contribution in [1.82, 2.24) is 4.98 Å². The van der Waals surface area contributed by atoms with Gasteiger partial charge in [0.05, 0.1) is 10.9 Å². The predicted octanol–water partition coefficient (Wildman–Crippen LogP) is 3.90. The SMILES string of the molecule is Cc1ccc(Cl)c2ccc(NC(=O)C3(CF)CCOCC3)nc12. The van der Waals surface area contributed by atoms with Crippen LogP contribution in [0.25, 0.3) is 10.9 Å². The Morgan fingerprint density at radius 2 is 2.09 bits per heavy atom. The molecule has 1 amide bonds. The zero-order chi connectivity index (χ0) is 16.4. The molecule has 0 spiro atoms. The van der Waals surface area contributed by atoms with E-state index in [2.05, 4.69) is 10.3 Å². The first-order valence-corrected chi connectivity index (χ1v) is 7.94. The van der Waals surface area contributed by atoms with Crippen LogP contribution in [0.3, 0.4) is 0 Å². The van der Waals surface area contributed by atoms with Gasteiger partial charge in [0.15, 0.2) is 0 Å². The van der Waals surface area contributed by atoms with Gasteiger partial charge in [0.1, 0.15) is 12.5 Å². The first kappa shape index (κ1) is 16.1. The lowest BCUT2D eigenvalue weighted by atomic mass is 9.80. The number of anilines is 1. The van der Waals surface area contributed by atoms with Gasteiger partial charge in [0.2, 0.25) is 5.91 Å². The van der Waals surface area contributed by atoms with Crippen molar-refractivity contribution in [3.05, 3.63) is 34.9 Å². The molecule has 1 N–H and O–H groups in total. The number of aryl methyl sites for hydroxylation is 1. The van der Waals surface area contributed by atoms with Crippen LogP contribution < -0.4 is 5.32 Å². The van der Waals surface area contributed by atoms with Crippen molar-refractivity contribution in [1.29, 1.82) is 0 Å². The summed E-state index contributed by atoms with van der Waals surface area (Å²) in [4.78, 5) is 17.0. The minimum absolute atomic E-state index is 0.338. The van der Waals surface area contributed by atoms with Crippen molar-refractivity contribution in [2.45, 2.75) is 19.8 Å². The Hall–Kier alpha value is -1.72. The molecule has 1 aromatic carbocycles. The molecular weight excluding hydrogens is 319 g/mol. The van der Waals surface area contributed by atoms with E-state index in [0.717, 1.165) is 16.5 Å². The molecule has 0 atom stereocenters. The summed E-state index contributed by atoms with van der Waals surface area (Å²) in [5.74, 6) is 0.0713. The van der Waals surface area contributed by atoms with Crippen LogP contribution in [0.5, 0.6) is 0 Å². The fraction of sp³-hybridized carbons (Fsp3) is 0.412. The Morgan fingerprint density at radius 3 is 2.78 bits per heavy atom. The summed E-state index contributed by atoms with van der Waals surface area (Å²) in [6.07, 6.45) is 0.765. The third-order valence-corrected chi connectivity index (χ3v) is 4.76. The van der Waals surface area contributed by atoms with E-state index >= 15 is 0 Å². The summed E-state index contributed by atoms with van der Waals surface area (Å²) >= 11 is 6.16. The maximum Gasteiger partial charge on any atom is 0.234 e. The summed E-state index contributed by atoms with van der Waals surface area (Å²) in [7, 11) is 0. The van der Waals surface area contributed by atoms with Crippen molar-refractivity contribution in [3.8, 4) is 0 Å². The van der Waals surface area contributed by atoms with Gasteiger partial charge in [-0.1, -0.05) is 17.7 Å². The number of carbonyl (C=O) groups excluding carboxylic acids is 1. The lowest BCUT2D eigenvalue weighted by molar-refractivity contribution is -0.132. The Balaban J connectivity index is 1.89. The average Bonchev–Trinajstić information content (AvgIpc) is 2.59. The average molecular weight is 337 g/mol. The van der Waals surface area contributed by atoms with Crippen molar-refractivity contribution in [2.24, 2.45) is 5.41 Å². The monoisotopic (exact) mass is 336 g/mol. The molecule has 1 aliphatic heterocycles. The van der Waals surface area contributed by atoms with E-state index in [0.29, 0.717) is 36.9 Å². The number of ether oxygens (including phenoxy) is 1. The highest BCUT2D eigenvalue weighted by Crippen LogP contribution is 2.33. The van der Waals surface area contributed by atoms with E-state index in [1.165, 1.54) is 0 Å². The predicted molar refractivity (Wildman–Crippen MR) is 88.6 cm³/mol. The van der Waals surface area contributed by atoms with Crippen LogP contribution in [0.1, 0.15) is 18.4 Å². The number of rotatable bonds is 3. The summed E-state index contributed by atoms with van der Waals surface area (Å²) in [6.45, 7) is 2.04. The standard InChI is InChI=1S/C17H18ClFN2O2/c1-11-2-4-13(18)12-3-5-14(20-15(11)12)21-16(22)17(10-19)6-8-23-9-7-17/h2-5H,6-10H2,1H3,(H,20,21,22). The van der Waals surface area contributed by atoms with Gasteiger partial charge < -0.3 is 10.1 Å². The molecule has 23 heavy (non-hydrogen) atoms. The second-order valence-corrected chi connectivity index (χ2v) is 6.34. The maximum atomic E-state index is 13.5. The number of carbonyl (C=O) groups is 1. The largest absolute Gasteiger partial charge is 0.381 e. The van der Waals surface area contributed by atoms with Crippen molar-refractivity contribution >= 4 is 34.2 Å².